The van der Waals surface area contributed by atoms with Gasteiger partial charge in [-0.2, -0.15) is 0 Å². The van der Waals surface area contributed by atoms with Gasteiger partial charge in [0.05, 0.1) is 6.54 Å². The molecule has 0 saturated carbocycles. The van der Waals surface area contributed by atoms with E-state index in [2.05, 4.69) is 21.2 Å². The van der Waals surface area contributed by atoms with Crippen LogP contribution in [0.4, 0.5) is 0 Å². The van der Waals surface area contributed by atoms with E-state index >= 15 is 0 Å². The van der Waals surface area contributed by atoms with E-state index in [1.165, 1.54) is 0 Å². The standard InChI is InChI=1S/C10H12BrNOS/c1-7(2)3-10(13)12-5-9-4-8(11)6-14-9/h3-4,6H,5H2,1-2H3,(H,12,13). The molecule has 0 aliphatic heterocycles. The van der Waals surface area contributed by atoms with Gasteiger partial charge in [-0.05, 0) is 35.8 Å². The Morgan fingerprint density at radius 3 is 2.86 bits per heavy atom. The number of carbonyl (C=O) groups excluding carboxylic acids is 1. The highest BCUT2D eigenvalue weighted by Crippen LogP contribution is 2.19. The Bertz CT molecular complexity index is 353. The Balaban J connectivity index is 2.41. The topological polar surface area (TPSA) is 29.1 Å². The van der Waals surface area contributed by atoms with Gasteiger partial charge >= 0.3 is 0 Å². The van der Waals surface area contributed by atoms with Crippen LogP contribution in [0.25, 0.3) is 0 Å². The SMILES string of the molecule is CC(C)=CC(=O)NCc1cc(Br)cs1. The third-order valence-corrected chi connectivity index (χ3v) is 3.18. The van der Waals surface area contributed by atoms with Crippen molar-refractivity contribution < 1.29 is 4.79 Å². The second-order valence-electron chi connectivity index (χ2n) is 3.17. The van der Waals surface area contributed by atoms with Crippen molar-refractivity contribution in [3.8, 4) is 0 Å². The van der Waals surface area contributed by atoms with Crippen LogP contribution in [0, 0.1) is 0 Å². The number of carbonyl (C=O) groups is 1. The molecule has 1 aromatic rings. The van der Waals surface area contributed by atoms with Gasteiger partial charge in [0, 0.05) is 20.8 Å². The zero-order chi connectivity index (χ0) is 10.6. The Morgan fingerprint density at radius 1 is 1.64 bits per heavy atom. The van der Waals surface area contributed by atoms with Crippen LogP contribution in [-0.2, 0) is 11.3 Å². The molecule has 1 N–H and O–H groups in total. The average Bonchev–Trinajstić information content (AvgIpc) is 2.47. The van der Waals surface area contributed by atoms with E-state index in [9.17, 15) is 4.79 Å². The van der Waals surface area contributed by atoms with E-state index < -0.39 is 0 Å². The summed E-state index contributed by atoms with van der Waals surface area (Å²) in [6, 6.07) is 2.01. The summed E-state index contributed by atoms with van der Waals surface area (Å²) in [4.78, 5) is 12.4. The van der Waals surface area contributed by atoms with Gasteiger partial charge < -0.3 is 5.32 Å². The van der Waals surface area contributed by atoms with E-state index in [4.69, 9.17) is 0 Å². The number of thiophene rings is 1. The fourth-order valence-corrected chi connectivity index (χ4v) is 2.32. The zero-order valence-electron chi connectivity index (χ0n) is 8.13. The smallest absolute Gasteiger partial charge is 0.244 e. The van der Waals surface area contributed by atoms with Crippen LogP contribution in [0.3, 0.4) is 0 Å². The van der Waals surface area contributed by atoms with Gasteiger partial charge in [-0.3, -0.25) is 4.79 Å². The molecule has 0 unspecified atom stereocenters. The Kier molecular flexibility index (Phi) is 4.35. The lowest BCUT2D eigenvalue weighted by Gasteiger charge is -1.99. The molecule has 0 fully saturated rings. The number of halogens is 1. The molecule has 14 heavy (non-hydrogen) atoms. The highest BCUT2D eigenvalue weighted by atomic mass is 79.9. The first kappa shape index (κ1) is 11.5. The van der Waals surface area contributed by atoms with Crippen molar-refractivity contribution >= 4 is 33.2 Å². The monoisotopic (exact) mass is 273 g/mol. The fraction of sp³-hybridized carbons (Fsp3) is 0.300. The second-order valence-corrected chi connectivity index (χ2v) is 5.08. The van der Waals surface area contributed by atoms with Crippen LogP contribution in [0.5, 0.6) is 0 Å². The average molecular weight is 274 g/mol. The van der Waals surface area contributed by atoms with E-state index in [1.54, 1.807) is 17.4 Å². The van der Waals surface area contributed by atoms with Gasteiger partial charge in [-0.1, -0.05) is 5.57 Å². The van der Waals surface area contributed by atoms with E-state index in [1.807, 2.05) is 25.3 Å². The van der Waals surface area contributed by atoms with Crippen molar-refractivity contribution in [2.24, 2.45) is 0 Å². The molecule has 1 amide bonds. The maximum Gasteiger partial charge on any atom is 0.244 e. The lowest BCUT2D eigenvalue weighted by molar-refractivity contribution is -0.116. The number of amides is 1. The van der Waals surface area contributed by atoms with E-state index in [0.29, 0.717) is 6.54 Å². The first-order valence-electron chi connectivity index (χ1n) is 4.23. The molecule has 0 aromatic carbocycles. The minimum absolute atomic E-state index is 0.0328. The lowest BCUT2D eigenvalue weighted by atomic mass is 10.3. The van der Waals surface area contributed by atoms with Crippen LogP contribution >= 0.6 is 27.3 Å². The largest absolute Gasteiger partial charge is 0.348 e. The highest BCUT2D eigenvalue weighted by Gasteiger charge is 1.99. The third-order valence-electron chi connectivity index (χ3n) is 1.48. The predicted octanol–water partition coefficient (Wildman–Crippen LogP) is 3.09. The molecule has 0 bridgehead atoms. The summed E-state index contributed by atoms with van der Waals surface area (Å²) in [6.07, 6.45) is 1.60. The molecule has 2 nitrogen and oxygen atoms in total. The molecular weight excluding hydrogens is 262 g/mol. The Hall–Kier alpha value is -0.610. The number of hydrogen-bond donors (Lipinski definition) is 1. The summed E-state index contributed by atoms with van der Waals surface area (Å²) in [7, 11) is 0. The van der Waals surface area contributed by atoms with Crippen LogP contribution in [0.1, 0.15) is 18.7 Å². The molecule has 76 valence electrons. The van der Waals surface area contributed by atoms with Crippen LogP contribution < -0.4 is 5.32 Å². The van der Waals surface area contributed by atoms with Crippen LogP contribution in [0.2, 0.25) is 0 Å². The van der Waals surface area contributed by atoms with Gasteiger partial charge in [0.2, 0.25) is 5.91 Å². The van der Waals surface area contributed by atoms with E-state index in [0.717, 1.165) is 14.9 Å². The molecule has 0 aliphatic rings. The van der Waals surface area contributed by atoms with Gasteiger partial charge in [0.15, 0.2) is 0 Å². The molecule has 1 heterocycles. The third kappa shape index (κ3) is 4.07. The van der Waals surface area contributed by atoms with Crippen molar-refractivity contribution in [2.75, 3.05) is 0 Å². The van der Waals surface area contributed by atoms with Crippen molar-refractivity contribution in [2.45, 2.75) is 20.4 Å². The first-order chi connectivity index (χ1) is 6.58. The van der Waals surface area contributed by atoms with Crippen LogP contribution in [0.15, 0.2) is 27.6 Å². The zero-order valence-corrected chi connectivity index (χ0v) is 10.5. The molecule has 0 aliphatic carbocycles. The molecule has 4 heteroatoms. The summed E-state index contributed by atoms with van der Waals surface area (Å²) < 4.78 is 1.06. The van der Waals surface area contributed by atoms with Gasteiger partial charge in [-0.15, -0.1) is 11.3 Å². The summed E-state index contributed by atoms with van der Waals surface area (Å²) >= 11 is 4.99. The van der Waals surface area contributed by atoms with Crippen molar-refractivity contribution in [1.29, 1.82) is 0 Å². The quantitative estimate of drug-likeness (QED) is 0.843. The van der Waals surface area contributed by atoms with Crippen molar-refractivity contribution in [3.05, 3.63) is 32.4 Å². The molecule has 0 atom stereocenters. The first-order valence-corrected chi connectivity index (χ1v) is 5.91. The lowest BCUT2D eigenvalue weighted by Crippen LogP contribution is -2.19. The number of rotatable bonds is 3. The summed E-state index contributed by atoms with van der Waals surface area (Å²) in [5.41, 5.74) is 1.01. The summed E-state index contributed by atoms with van der Waals surface area (Å²) in [5.74, 6) is -0.0328. The summed E-state index contributed by atoms with van der Waals surface area (Å²) in [6.45, 7) is 4.40. The molecular formula is C10H12BrNOS. The fourth-order valence-electron chi connectivity index (χ4n) is 0.934. The van der Waals surface area contributed by atoms with Gasteiger partial charge in [0.25, 0.3) is 0 Å². The Morgan fingerprint density at radius 2 is 2.36 bits per heavy atom. The van der Waals surface area contributed by atoms with Gasteiger partial charge in [-0.25, -0.2) is 0 Å². The predicted molar refractivity (Wildman–Crippen MR) is 63.3 cm³/mol. The molecule has 1 aromatic heterocycles. The minimum Gasteiger partial charge on any atom is -0.348 e. The Labute approximate surface area is 96.2 Å². The second kappa shape index (κ2) is 5.32. The molecule has 0 spiro atoms. The normalized spacial score (nSPS) is 9.64. The summed E-state index contributed by atoms with van der Waals surface area (Å²) in [5, 5.41) is 4.82. The minimum atomic E-state index is -0.0328. The molecule has 0 saturated heterocycles. The number of hydrogen-bond acceptors (Lipinski definition) is 2. The van der Waals surface area contributed by atoms with Crippen molar-refractivity contribution in [3.63, 3.8) is 0 Å². The maximum atomic E-state index is 11.2. The highest BCUT2D eigenvalue weighted by molar-refractivity contribution is 9.10. The molecule has 1 rings (SSSR count). The van der Waals surface area contributed by atoms with Crippen molar-refractivity contribution in [1.82, 2.24) is 5.32 Å². The molecule has 0 radical (unpaired) electrons. The van der Waals surface area contributed by atoms with Crippen LogP contribution in [-0.4, -0.2) is 5.91 Å². The maximum absolute atomic E-state index is 11.2. The van der Waals surface area contributed by atoms with Gasteiger partial charge in [0.1, 0.15) is 0 Å². The number of nitrogens with one attached hydrogen (secondary N) is 1. The number of allylic oxidation sites excluding steroid dienone is 1. The van der Waals surface area contributed by atoms with E-state index in [-0.39, 0.29) is 5.91 Å².